The standard InChI is InChI=1S/C26H21N3O3/c1-31-20-13-11-19(12-14-20)28-26(30)18(16-27)15-22-21-9-6-10-23(32-2)25(21)29-24(22)17-7-4-3-5-8-17/h3-15,29H,1-2H3,(H,28,30)/b18-15+. The smallest absolute Gasteiger partial charge is 0.266 e. The summed E-state index contributed by atoms with van der Waals surface area (Å²) in [6.45, 7) is 0. The van der Waals surface area contributed by atoms with E-state index in [1.807, 2.05) is 54.6 Å². The van der Waals surface area contributed by atoms with E-state index in [4.69, 9.17) is 9.47 Å². The second-order valence-electron chi connectivity index (χ2n) is 7.01. The Labute approximate surface area is 185 Å². The number of carbonyl (C=O) groups is 1. The Morgan fingerprint density at radius 2 is 1.72 bits per heavy atom. The van der Waals surface area contributed by atoms with Crippen molar-refractivity contribution >= 4 is 28.6 Å². The number of para-hydroxylation sites is 1. The summed E-state index contributed by atoms with van der Waals surface area (Å²) >= 11 is 0. The number of methoxy groups -OCH3 is 2. The Kier molecular flexibility index (Phi) is 5.91. The van der Waals surface area contributed by atoms with E-state index in [0.717, 1.165) is 27.7 Å². The number of nitrogens with zero attached hydrogens (tertiary/aromatic N) is 1. The van der Waals surface area contributed by atoms with Gasteiger partial charge in [0.05, 0.1) is 25.4 Å². The first kappa shape index (κ1) is 20.8. The van der Waals surface area contributed by atoms with Crippen LogP contribution in [0.3, 0.4) is 0 Å². The highest BCUT2D eigenvalue weighted by Crippen LogP contribution is 2.36. The minimum Gasteiger partial charge on any atom is -0.497 e. The topological polar surface area (TPSA) is 87.1 Å². The second-order valence-corrected chi connectivity index (χ2v) is 7.01. The molecule has 4 aromatic rings. The molecular formula is C26H21N3O3. The molecule has 4 rings (SSSR count). The number of aromatic amines is 1. The normalized spacial score (nSPS) is 11.1. The molecular weight excluding hydrogens is 402 g/mol. The molecule has 2 N–H and O–H groups in total. The van der Waals surface area contributed by atoms with Gasteiger partial charge in [-0.25, -0.2) is 0 Å². The van der Waals surface area contributed by atoms with Crippen LogP contribution in [0.2, 0.25) is 0 Å². The van der Waals surface area contributed by atoms with Crippen molar-refractivity contribution < 1.29 is 14.3 Å². The van der Waals surface area contributed by atoms with Crippen LogP contribution >= 0.6 is 0 Å². The predicted octanol–water partition coefficient (Wildman–Crippen LogP) is 5.40. The predicted molar refractivity (Wildman–Crippen MR) is 126 cm³/mol. The molecule has 0 saturated carbocycles. The molecule has 6 heteroatoms. The summed E-state index contributed by atoms with van der Waals surface area (Å²) in [7, 11) is 3.18. The molecule has 3 aromatic carbocycles. The fourth-order valence-corrected chi connectivity index (χ4v) is 3.53. The minimum absolute atomic E-state index is 0.0123. The number of benzene rings is 3. The van der Waals surface area contributed by atoms with E-state index < -0.39 is 5.91 Å². The summed E-state index contributed by atoms with van der Waals surface area (Å²) in [5.41, 5.74) is 3.84. The van der Waals surface area contributed by atoms with E-state index in [2.05, 4.69) is 10.3 Å². The fraction of sp³-hybridized carbons (Fsp3) is 0.0769. The third-order valence-electron chi connectivity index (χ3n) is 5.12. The number of fused-ring (bicyclic) bond motifs is 1. The second kappa shape index (κ2) is 9.11. The average Bonchev–Trinajstić information content (AvgIpc) is 3.21. The maximum Gasteiger partial charge on any atom is 0.266 e. The molecule has 0 aliphatic rings. The molecule has 0 bridgehead atoms. The Morgan fingerprint density at radius 3 is 2.38 bits per heavy atom. The summed E-state index contributed by atoms with van der Waals surface area (Å²) < 4.78 is 10.6. The average molecular weight is 423 g/mol. The molecule has 0 spiro atoms. The SMILES string of the molecule is COc1ccc(NC(=O)/C(C#N)=C/c2c(-c3ccccc3)[nH]c3c(OC)cccc23)cc1. The summed E-state index contributed by atoms with van der Waals surface area (Å²) in [5.74, 6) is 0.869. The number of carbonyl (C=O) groups excluding carboxylic acids is 1. The molecule has 32 heavy (non-hydrogen) atoms. The van der Waals surface area contributed by atoms with Crippen LogP contribution in [-0.2, 0) is 4.79 Å². The van der Waals surface area contributed by atoms with Gasteiger partial charge in [0.2, 0.25) is 0 Å². The maximum absolute atomic E-state index is 12.9. The van der Waals surface area contributed by atoms with Crippen LogP contribution in [0.1, 0.15) is 5.56 Å². The lowest BCUT2D eigenvalue weighted by atomic mass is 10.0. The van der Waals surface area contributed by atoms with Crippen LogP contribution in [0, 0.1) is 11.3 Å². The van der Waals surface area contributed by atoms with Gasteiger partial charge >= 0.3 is 0 Å². The Hall–Kier alpha value is -4.50. The molecule has 0 atom stereocenters. The number of hydrogen-bond donors (Lipinski definition) is 2. The van der Waals surface area contributed by atoms with Crippen molar-refractivity contribution in [2.24, 2.45) is 0 Å². The number of H-pyrrole nitrogens is 1. The Morgan fingerprint density at radius 1 is 0.969 bits per heavy atom. The summed E-state index contributed by atoms with van der Waals surface area (Å²) in [4.78, 5) is 16.3. The number of nitrogens with one attached hydrogen (secondary N) is 2. The Balaban J connectivity index is 1.79. The van der Waals surface area contributed by atoms with Crippen molar-refractivity contribution in [3.8, 4) is 28.8 Å². The van der Waals surface area contributed by atoms with Crippen LogP contribution in [0.4, 0.5) is 5.69 Å². The highest BCUT2D eigenvalue weighted by molar-refractivity contribution is 6.12. The quantitative estimate of drug-likeness (QED) is 0.321. The molecule has 0 saturated heterocycles. The monoisotopic (exact) mass is 423 g/mol. The first-order valence-electron chi connectivity index (χ1n) is 9.96. The van der Waals surface area contributed by atoms with Crippen LogP contribution in [0.5, 0.6) is 11.5 Å². The van der Waals surface area contributed by atoms with Gasteiger partial charge < -0.3 is 19.8 Å². The van der Waals surface area contributed by atoms with E-state index >= 15 is 0 Å². The Bertz CT molecular complexity index is 1330. The van der Waals surface area contributed by atoms with Crippen LogP contribution < -0.4 is 14.8 Å². The summed E-state index contributed by atoms with van der Waals surface area (Å²) in [6, 6.07) is 24.4. The largest absolute Gasteiger partial charge is 0.497 e. The van der Waals surface area contributed by atoms with Gasteiger partial charge in [0.1, 0.15) is 23.1 Å². The molecule has 0 unspecified atom stereocenters. The lowest BCUT2D eigenvalue weighted by Gasteiger charge is -2.06. The molecule has 1 aromatic heterocycles. The zero-order valence-corrected chi connectivity index (χ0v) is 17.7. The summed E-state index contributed by atoms with van der Waals surface area (Å²) in [5, 5.41) is 13.4. The van der Waals surface area contributed by atoms with Gasteiger partial charge in [-0.15, -0.1) is 0 Å². The van der Waals surface area contributed by atoms with Gasteiger partial charge in [0.15, 0.2) is 0 Å². The zero-order chi connectivity index (χ0) is 22.5. The number of aromatic nitrogens is 1. The molecule has 0 fully saturated rings. The molecule has 0 radical (unpaired) electrons. The van der Waals surface area contributed by atoms with Crippen LogP contribution in [-0.4, -0.2) is 25.1 Å². The summed E-state index contributed by atoms with van der Waals surface area (Å²) in [6.07, 6.45) is 1.61. The maximum atomic E-state index is 12.9. The molecule has 1 amide bonds. The lowest BCUT2D eigenvalue weighted by Crippen LogP contribution is -2.13. The van der Waals surface area contributed by atoms with Crippen LogP contribution in [0.15, 0.2) is 78.4 Å². The molecule has 6 nitrogen and oxygen atoms in total. The van der Waals surface area contributed by atoms with Gasteiger partial charge in [-0.05, 0) is 42.0 Å². The number of rotatable bonds is 6. The van der Waals surface area contributed by atoms with E-state index in [1.54, 1.807) is 44.6 Å². The first-order chi connectivity index (χ1) is 15.6. The molecule has 1 heterocycles. The van der Waals surface area contributed by atoms with Crippen molar-refractivity contribution in [3.05, 3.63) is 83.9 Å². The van der Waals surface area contributed by atoms with Crippen molar-refractivity contribution in [3.63, 3.8) is 0 Å². The van der Waals surface area contributed by atoms with Crippen LogP contribution in [0.25, 0.3) is 28.2 Å². The van der Waals surface area contributed by atoms with Crippen molar-refractivity contribution in [1.82, 2.24) is 4.98 Å². The van der Waals surface area contributed by atoms with E-state index in [-0.39, 0.29) is 5.57 Å². The van der Waals surface area contributed by atoms with E-state index in [1.165, 1.54) is 0 Å². The number of hydrogen-bond acceptors (Lipinski definition) is 4. The number of amides is 1. The van der Waals surface area contributed by atoms with Gasteiger partial charge in [-0.3, -0.25) is 4.79 Å². The molecule has 0 aliphatic heterocycles. The first-order valence-corrected chi connectivity index (χ1v) is 9.96. The van der Waals surface area contributed by atoms with Gasteiger partial charge in [-0.2, -0.15) is 5.26 Å². The van der Waals surface area contributed by atoms with E-state index in [9.17, 15) is 10.1 Å². The van der Waals surface area contributed by atoms with Gasteiger partial charge in [0.25, 0.3) is 5.91 Å². The fourth-order valence-electron chi connectivity index (χ4n) is 3.53. The minimum atomic E-state index is -0.492. The molecule has 0 aliphatic carbocycles. The van der Waals surface area contributed by atoms with E-state index in [0.29, 0.717) is 17.2 Å². The number of nitriles is 1. The number of ether oxygens (including phenoxy) is 2. The van der Waals surface area contributed by atoms with Crippen molar-refractivity contribution in [2.75, 3.05) is 19.5 Å². The number of anilines is 1. The van der Waals surface area contributed by atoms with Crippen molar-refractivity contribution in [1.29, 1.82) is 5.26 Å². The third-order valence-corrected chi connectivity index (χ3v) is 5.12. The zero-order valence-electron chi connectivity index (χ0n) is 17.7. The van der Waals surface area contributed by atoms with Gasteiger partial charge in [0, 0.05) is 16.6 Å². The highest BCUT2D eigenvalue weighted by atomic mass is 16.5. The lowest BCUT2D eigenvalue weighted by molar-refractivity contribution is -0.112. The van der Waals surface area contributed by atoms with Gasteiger partial charge in [-0.1, -0.05) is 42.5 Å². The highest BCUT2D eigenvalue weighted by Gasteiger charge is 2.17. The van der Waals surface area contributed by atoms with Crippen molar-refractivity contribution in [2.45, 2.75) is 0 Å². The molecule has 158 valence electrons. The third kappa shape index (κ3) is 4.05.